The number of rotatable bonds is 3. The zero-order valence-electron chi connectivity index (χ0n) is 10.1. The molecular formula is C14H24. The van der Waals surface area contributed by atoms with E-state index in [2.05, 4.69) is 44.2 Å². The van der Waals surface area contributed by atoms with Crippen LogP contribution in [0.2, 0.25) is 0 Å². The van der Waals surface area contributed by atoms with Gasteiger partial charge in [0.2, 0.25) is 0 Å². The summed E-state index contributed by atoms with van der Waals surface area (Å²) in [4.78, 5) is 0. The van der Waals surface area contributed by atoms with Crippen LogP contribution in [0.1, 0.15) is 47.0 Å². The van der Waals surface area contributed by atoms with Gasteiger partial charge in [-0.15, -0.1) is 0 Å². The molecule has 0 radical (unpaired) electrons. The predicted octanol–water partition coefficient (Wildman–Crippen LogP) is 4.89. The fourth-order valence-corrected chi connectivity index (χ4v) is 1.42. The van der Waals surface area contributed by atoms with Gasteiger partial charge in [0.1, 0.15) is 0 Å². The van der Waals surface area contributed by atoms with Crippen LogP contribution >= 0.6 is 0 Å². The van der Waals surface area contributed by atoms with Crippen molar-refractivity contribution in [1.82, 2.24) is 0 Å². The van der Waals surface area contributed by atoms with Crippen molar-refractivity contribution >= 4 is 0 Å². The van der Waals surface area contributed by atoms with Gasteiger partial charge in [0, 0.05) is 0 Å². The van der Waals surface area contributed by atoms with Crippen LogP contribution in [-0.2, 0) is 0 Å². The first-order chi connectivity index (χ1) is 6.84. The van der Waals surface area contributed by atoms with E-state index in [9.17, 15) is 0 Å². The first kappa shape index (κ1) is 13.2. The summed E-state index contributed by atoms with van der Waals surface area (Å²) in [5.41, 5.74) is 1.48. The summed E-state index contributed by atoms with van der Waals surface area (Å²) < 4.78 is 0. The molecule has 0 nitrogen and oxygen atoms in total. The van der Waals surface area contributed by atoms with Crippen LogP contribution in [0.15, 0.2) is 36.0 Å². The molecule has 80 valence electrons. The quantitative estimate of drug-likeness (QED) is 0.558. The van der Waals surface area contributed by atoms with Gasteiger partial charge >= 0.3 is 0 Å². The highest BCUT2D eigenvalue weighted by Crippen LogP contribution is 2.19. The van der Waals surface area contributed by atoms with Gasteiger partial charge in [0.15, 0.2) is 0 Å². The predicted molar refractivity (Wildman–Crippen MR) is 66.4 cm³/mol. The van der Waals surface area contributed by atoms with Gasteiger partial charge in [-0.1, -0.05) is 58.1 Å². The molecule has 1 aliphatic carbocycles. The summed E-state index contributed by atoms with van der Waals surface area (Å²) >= 11 is 0. The van der Waals surface area contributed by atoms with Crippen LogP contribution < -0.4 is 0 Å². The molecule has 0 aromatic carbocycles. The highest BCUT2D eigenvalue weighted by molar-refractivity contribution is 5.27. The van der Waals surface area contributed by atoms with Crippen molar-refractivity contribution in [2.75, 3.05) is 0 Å². The van der Waals surface area contributed by atoms with Crippen molar-refractivity contribution in [2.24, 2.45) is 5.92 Å². The molecule has 14 heavy (non-hydrogen) atoms. The Kier molecular flexibility index (Phi) is 8.31. The molecule has 0 aromatic rings. The van der Waals surface area contributed by atoms with E-state index in [-0.39, 0.29) is 0 Å². The number of hydrogen-bond donors (Lipinski definition) is 0. The number of hydrogen-bond acceptors (Lipinski definition) is 0. The van der Waals surface area contributed by atoms with Gasteiger partial charge in [-0.25, -0.2) is 0 Å². The van der Waals surface area contributed by atoms with Crippen molar-refractivity contribution in [3.8, 4) is 0 Å². The molecule has 0 heteroatoms. The van der Waals surface area contributed by atoms with Crippen molar-refractivity contribution in [1.29, 1.82) is 0 Å². The molecular weight excluding hydrogens is 168 g/mol. The highest BCUT2D eigenvalue weighted by Gasteiger charge is 2.02. The maximum absolute atomic E-state index is 2.35. The van der Waals surface area contributed by atoms with Gasteiger partial charge in [0.05, 0.1) is 0 Å². The molecule has 0 N–H and O–H groups in total. The fraction of sp³-hybridized carbons (Fsp3) is 0.571. The van der Waals surface area contributed by atoms with E-state index in [0.717, 1.165) is 6.42 Å². The normalized spacial score (nSPS) is 17.3. The first-order valence-electron chi connectivity index (χ1n) is 5.88. The molecule has 1 rings (SSSR count). The average Bonchev–Trinajstić information content (AvgIpc) is 2.30. The van der Waals surface area contributed by atoms with Crippen molar-refractivity contribution in [3.05, 3.63) is 36.0 Å². The summed E-state index contributed by atoms with van der Waals surface area (Å²) in [7, 11) is 0. The Morgan fingerprint density at radius 2 is 2.07 bits per heavy atom. The third-order valence-electron chi connectivity index (χ3n) is 2.21. The van der Waals surface area contributed by atoms with Crippen LogP contribution in [-0.4, -0.2) is 0 Å². The molecule has 0 fully saturated rings. The minimum Gasteiger partial charge on any atom is -0.0882 e. The van der Waals surface area contributed by atoms with E-state index < -0.39 is 0 Å². The van der Waals surface area contributed by atoms with E-state index in [0.29, 0.717) is 5.92 Å². The smallest absolute Gasteiger partial charge is 0.00137 e. The Labute approximate surface area is 89.4 Å². The van der Waals surface area contributed by atoms with Crippen LogP contribution in [0.25, 0.3) is 0 Å². The lowest BCUT2D eigenvalue weighted by Crippen LogP contribution is -1.95. The minimum atomic E-state index is 0.599. The Balaban J connectivity index is 0.000000791. The van der Waals surface area contributed by atoms with E-state index in [1.165, 1.54) is 18.4 Å². The second-order valence-corrected chi connectivity index (χ2v) is 3.31. The Bertz CT molecular complexity index is 206. The van der Waals surface area contributed by atoms with E-state index >= 15 is 0 Å². The van der Waals surface area contributed by atoms with Crippen LogP contribution in [0.5, 0.6) is 0 Å². The zero-order valence-corrected chi connectivity index (χ0v) is 10.1. The van der Waals surface area contributed by atoms with Gasteiger partial charge in [-0.3, -0.25) is 0 Å². The van der Waals surface area contributed by atoms with Crippen molar-refractivity contribution in [2.45, 2.75) is 47.0 Å². The molecule has 1 aliphatic rings. The first-order valence-corrected chi connectivity index (χ1v) is 5.88. The van der Waals surface area contributed by atoms with E-state index in [1.54, 1.807) is 0 Å². The SMILES string of the molecule is CC.CC/C=C\[C@H](C)C1=CCCC=C1. The lowest BCUT2D eigenvalue weighted by molar-refractivity contribution is 0.852. The Hall–Kier alpha value is -0.780. The zero-order chi connectivity index (χ0) is 10.8. The van der Waals surface area contributed by atoms with Crippen LogP contribution in [0.3, 0.4) is 0 Å². The summed E-state index contributed by atoms with van der Waals surface area (Å²) in [5.74, 6) is 0.599. The van der Waals surface area contributed by atoms with Crippen LogP contribution in [0.4, 0.5) is 0 Å². The summed E-state index contributed by atoms with van der Waals surface area (Å²) in [6.45, 7) is 8.43. The molecule has 0 amide bonds. The topological polar surface area (TPSA) is 0 Å². The van der Waals surface area contributed by atoms with E-state index in [4.69, 9.17) is 0 Å². The maximum Gasteiger partial charge on any atom is -0.00137 e. The molecule has 0 saturated heterocycles. The Morgan fingerprint density at radius 1 is 1.36 bits per heavy atom. The fourth-order valence-electron chi connectivity index (χ4n) is 1.42. The average molecular weight is 192 g/mol. The summed E-state index contributed by atoms with van der Waals surface area (Å²) in [6, 6.07) is 0. The largest absolute Gasteiger partial charge is 0.0882 e. The van der Waals surface area contributed by atoms with Crippen molar-refractivity contribution in [3.63, 3.8) is 0 Å². The monoisotopic (exact) mass is 192 g/mol. The van der Waals surface area contributed by atoms with Gasteiger partial charge in [-0.2, -0.15) is 0 Å². The third kappa shape index (κ3) is 5.06. The highest BCUT2D eigenvalue weighted by atomic mass is 14.1. The molecule has 0 aromatic heterocycles. The lowest BCUT2D eigenvalue weighted by Gasteiger charge is -2.11. The molecule has 1 atom stereocenters. The van der Waals surface area contributed by atoms with Crippen LogP contribution in [0, 0.1) is 5.92 Å². The summed E-state index contributed by atoms with van der Waals surface area (Å²) in [6.07, 6.45) is 15.0. The second kappa shape index (κ2) is 8.80. The van der Waals surface area contributed by atoms with Gasteiger partial charge < -0.3 is 0 Å². The standard InChI is InChI=1S/C12H18.C2H6/c1-3-4-8-11(2)12-9-6-5-7-10-12;1-2/h4,6,8-11H,3,5,7H2,1-2H3;1-2H3/b8-4-;/t11-;/m0./s1. The second-order valence-electron chi connectivity index (χ2n) is 3.31. The molecule has 0 heterocycles. The Morgan fingerprint density at radius 3 is 2.57 bits per heavy atom. The third-order valence-corrected chi connectivity index (χ3v) is 2.21. The van der Waals surface area contributed by atoms with E-state index in [1.807, 2.05) is 13.8 Å². The summed E-state index contributed by atoms with van der Waals surface area (Å²) in [5, 5.41) is 0. The van der Waals surface area contributed by atoms with Gasteiger partial charge in [-0.05, 0) is 30.8 Å². The molecule has 0 unspecified atom stereocenters. The maximum atomic E-state index is 2.35. The molecule has 0 spiro atoms. The lowest BCUT2D eigenvalue weighted by atomic mass is 9.95. The minimum absolute atomic E-state index is 0.599. The van der Waals surface area contributed by atoms with Gasteiger partial charge in [0.25, 0.3) is 0 Å². The number of allylic oxidation sites excluding steroid dienone is 6. The molecule has 0 saturated carbocycles. The molecule has 0 bridgehead atoms. The molecule has 0 aliphatic heterocycles. The van der Waals surface area contributed by atoms with Crippen molar-refractivity contribution < 1.29 is 0 Å².